The quantitative estimate of drug-likeness (QED) is 0.747. The van der Waals surface area contributed by atoms with Gasteiger partial charge in [-0.3, -0.25) is 9.59 Å². The maximum absolute atomic E-state index is 12.4. The molecule has 4 heteroatoms. The minimum Gasteiger partial charge on any atom is -0.481 e. The molecule has 1 rings (SSSR count). The molecule has 0 heterocycles. The second kappa shape index (κ2) is 6.92. The molecular weight excluding hydrogens is 242 g/mol. The molecule has 0 aromatic rings. The third-order valence-electron chi connectivity index (χ3n) is 3.98. The molecule has 1 aliphatic rings. The van der Waals surface area contributed by atoms with Gasteiger partial charge < -0.3 is 10.4 Å². The molecular formula is C15H27NO3. The monoisotopic (exact) mass is 269 g/mol. The Morgan fingerprint density at radius 3 is 2.26 bits per heavy atom. The third kappa shape index (κ3) is 4.84. The Bertz CT molecular complexity index is 319. The second-order valence-electron chi connectivity index (χ2n) is 6.50. The molecule has 110 valence electrons. The fourth-order valence-corrected chi connectivity index (χ4v) is 3.18. The van der Waals surface area contributed by atoms with Gasteiger partial charge in [-0.1, -0.05) is 33.6 Å². The number of carboxylic acids is 1. The van der Waals surface area contributed by atoms with Gasteiger partial charge in [-0.25, -0.2) is 0 Å². The Balaban J connectivity index is 2.51. The number of carboxylic acid groups (broad SMARTS) is 1. The lowest BCUT2D eigenvalue weighted by molar-refractivity contribution is -0.138. The highest BCUT2D eigenvalue weighted by Gasteiger charge is 2.41. The molecule has 0 aliphatic heterocycles. The molecule has 19 heavy (non-hydrogen) atoms. The van der Waals surface area contributed by atoms with Gasteiger partial charge in [-0.05, 0) is 31.1 Å². The van der Waals surface area contributed by atoms with Crippen LogP contribution < -0.4 is 5.32 Å². The molecule has 0 aromatic heterocycles. The van der Waals surface area contributed by atoms with E-state index in [1.54, 1.807) is 0 Å². The highest BCUT2D eigenvalue weighted by atomic mass is 16.4. The molecule has 1 unspecified atom stereocenters. The van der Waals surface area contributed by atoms with Crippen molar-refractivity contribution in [2.45, 2.75) is 59.3 Å². The number of rotatable bonds is 7. The van der Waals surface area contributed by atoms with E-state index in [1.165, 1.54) is 0 Å². The molecule has 0 radical (unpaired) electrons. The zero-order valence-electron chi connectivity index (χ0n) is 12.4. The van der Waals surface area contributed by atoms with Gasteiger partial charge >= 0.3 is 5.97 Å². The van der Waals surface area contributed by atoms with Crippen LogP contribution in [0, 0.1) is 17.3 Å². The molecule has 4 nitrogen and oxygen atoms in total. The van der Waals surface area contributed by atoms with Crippen LogP contribution in [0.3, 0.4) is 0 Å². The largest absolute Gasteiger partial charge is 0.481 e. The summed E-state index contributed by atoms with van der Waals surface area (Å²) in [5, 5.41) is 11.7. The van der Waals surface area contributed by atoms with Crippen LogP contribution in [-0.4, -0.2) is 23.5 Å². The standard InChI is InChI=1S/C15H27NO3/c1-11(2)9-15(6-4-5-7-15)14(19)16-10-12(3)8-13(17)18/h11-12H,4-10H2,1-3H3,(H,16,19)(H,17,18). The smallest absolute Gasteiger partial charge is 0.303 e. The average Bonchev–Trinajstić information content (AvgIpc) is 2.73. The van der Waals surface area contributed by atoms with Gasteiger partial charge in [-0.15, -0.1) is 0 Å². The second-order valence-corrected chi connectivity index (χ2v) is 6.50. The summed E-state index contributed by atoms with van der Waals surface area (Å²) in [6, 6.07) is 0. The van der Waals surface area contributed by atoms with E-state index in [0.29, 0.717) is 12.5 Å². The summed E-state index contributed by atoms with van der Waals surface area (Å²) in [7, 11) is 0. The maximum atomic E-state index is 12.4. The summed E-state index contributed by atoms with van der Waals surface area (Å²) < 4.78 is 0. The lowest BCUT2D eigenvalue weighted by atomic mass is 9.77. The van der Waals surface area contributed by atoms with Gasteiger partial charge in [-0.2, -0.15) is 0 Å². The highest BCUT2D eigenvalue weighted by Crippen LogP contribution is 2.43. The molecule has 1 fully saturated rings. The van der Waals surface area contributed by atoms with Crippen molar-refractivity contribution in [3.05, 3.63) is 0 Å². The topological polar surface area (TPSA) is 66.4 Å². The van der Waals surface area contributed by atoms with E-state index in [0.717, 1.165) is 32.1 Å². The summed E-state index contributed by atoms with van der Waals surface area (Å²) in [4.78, 5) is 23.0. The van der Waals surface area contributed by atoms with Crippen LogP contribution in [0.2, 0.25) is 0 Å². The van der Waals surface area contributed by atoms with Gasteiger partial charge in [0.05, 0.1) is 0 Å². The van der Waals surface area contributed by atoms with Crippen molar-refractivity contribution in [2.24, 2.45) is 17.3 Å². The molecule has 1 amide bonds. The first kappa shape index (κ1) is 16.0. The zero-order chi connectivity index (χ0) is 14.5. The van der Waals surface area contributed by atoms with Crippen LogP contribution in [0.1, 0.15) is 59.3 Å². The van der Waals surface area contributed by atoms with Gasteiger partial charge in [0, 0.05) is 18.4 Å². The van der Waals surface area contributed by atoms with Crippen LogP contribution in [0.5, 0.6) is 0 Å². The Morgan fingerprint density at radius 2 is 1.79 bits per heavy atom. The Morgan fingerprint density at radius 1 is 1.21 bits per heavy atom. The zero-order valence-corrected chi connectivity index (χ0v) is 12.4. The Hall–Kier alpha value is -1.06. The lowest BCUT2D eigenvalue weighted by Gasteiger charge is -2.30. The number of amides is 1. The third-order valence-corrected chi connectivity index (χ3v) is 3.98. The molecule has 0 spiro atoms. The van der Waals surface area contributed by atoms with Crippen molar-refractivity contribution in [2.75, 3.05) is 6.54 Å². The number of hydrogen-bond acceptors (Lipinski definition) is 2. The number of hydrogen-bond donors (Lipinski definition) is 2. The number of carbonyl (C=O) groups excluding carboxylic acids is 1. The van der Waals surface area contributed by atoms with Gasteiger partial charge in [0.1, 0.15) is 0 Å². The van der Waals surface area contributed by atoms with Crippen molar-refractivity contribution in [3.8, 4) is 0 Å². The number of nitrogens with one attached hydrogen (secondary N) is 1. The molecule has 0 aromatic carbocycles. The summed E-state index contributed by atoms with van der Waals surface area (Å²) in [5.74, 6) is -0.172. The molecule has 0 bridgehead atoms. The average molecular weight is 269 g/mol. The first-order valence-corrected chi connectivity index (χ1v) is 7.36. The maximum Gasteiger partial charge on any atom is 0.303 e. The molecule has 1 saturated carbocycles. The minimum absolute atomic E-state index is 0.0149. The molecule has 2 N–H and O–H groups in total. The summed E-state index contributed by atoms with van der Waals surface area (Å²) in [6.07, 6.45) is 5.26. The number of carbonyl (C=O) groups is 2. The van der Waals surface area contributed by atoms with E-state index in [1.807, 2.05) is 6.92 Å². The van der Waals surface area contributed by atoms with Crippen molar-refractivity contribution in [3.63, 3.8) is 0 Å². The van der Waals surface area contributed by atoms with E-state index in [9.17, 15) is 9.59 Å². The van der Waals surface area contributed by atoms with Crippen molar-refractivity contribution < 1.29 is 14.7 Å². The Labute approximate surface area is 116 Å². The summed E-state index contributed by atoms with van der Waals surface area (Å²) >= 11 is 0. The van der Waals surface area contributed by atoms with Gasteiger partial charge in [0.25, 0.3) is 0 Å². The summed E-state index contributed by atoms with van der Waals surface area (Å²) in [5.41, 5.74) is -0.197. The first-order chi connectivity index (χ1) is 8.85. The predicted molar refractivity (Wildman–Crippen MR) is 74.8 cm³/mol. The SMILES string of the molecule is CC(C)CC1(C(=O)NCC(C)CC(=O)O)CCCC1. The van der Waals surface area contributed by atoms with E-state index in [2.05, 4.69) is 19.2 Å². The predicted octanol–water partition coefficient (Wildman–Crippen LogP) is 2.82. The van der Waals surface area contributed by atoms with Crippen molar-refractivity contribution >= 4 is 11.9 Å². The van der Waals surface area contributed by atoms with E-state index < -0.39 is 5.97 Å². The van der Waals surface area contributed by atoms with Crippen LogP contribution in [0.15, 0.2) is 0 Å². The lowest BCUT2D eigenvalue weighted by Crippen LogP contribution is -2.42. The normalized spacial score (nSPS) is 19.4. The van der Waals surface area contributed by atoms with Gasteiger partial charge in [0.15, 0.2) is 0 Å². The molecule has 0 saturated heterocycles. The minimum atomic E-state index is -0.806. The Kier molecular flexibility index (Phi) is 5.83. The van der Waals surface area contributed by atoms with Crippen LogP contribution >= 0.6 is 0 Å². The van der Waals surface area contributed by atoms with Gasteiger partial charge in [0.2, 0.25) is 5.91 Å². The van der Waals surface area contributed by atoms with Crippen LogP contribution in [-0.2, 0) is 9.59 Å². The first-order valence-electron chi connectivity index (χ1n) is 7.36. The number of aliphatic carboxylic acids is 1. The molecule has 1 atom stereocenters. The molecule has 1 aliphatic carbocycles. The van der Waals surface area contributed by atoms with Crippen molar-refractivity contribution in [1.82, 2.24) is 5.32 Å². The van der Waals surface area contributed by atoms with Crippen LogP contribution in [0.25, 0.3) is 0 Å². The fraction of sp³-hybridized carbons (Fsp3) is 0.867. The summed E-state index contributed by atoms with van der Waals surface area (Å²) in [6.45, 7) is 6.63. The van der Waals surface area contributed by atoms with Crippen molar-refractivity contribution in [1.29, 1.82) is 0 Å². The van der Waals surface area contributed by atoms with Crippen LogP contribution in [0.4, 0.5) is 0 Å². The van der Waals surface area contributed by atoms with E-state index >= 15 is 0 Å². The highest BCUT2D eigenvalue weighted by molar-refractivity contribution is 5.83. The fourth-order valence-electron chi connectivity index (χ4n) is 3.18. The van der Waals surface area contributed by atoms with E-state index in [-0.39, 0.29) is 23.7 Å². The van der Waals surface area contributed by atoms with E-state index in [4.69, 9.17) is 5.11 Å².